The van der Waals surface area contributed by atoms with Gasteiger partial charge in [0.05, 0.1) is 11.1 Å². The molecule has 0 spiro atoms. The predicted molar refractivity (Wildman–Crippen MR) is 54.6 cm³/mol. The van der Waals surface area contributed by atoms with E-state index in [1.165, 1.54) is 11.8 Å². The Bertz CT molecular complexity index is 325. The van der Waals surface area contributed by atoms with Gasteiger partial charge in [0.1, 0.15) is 6.04 Å². The highest BCUT2D eigenvalue weighted by Crippen LogP contribution is 2.26. The highest BCUT2D eigenvalue weighted by Gasteiger charge is 2.40. The number of aliphatic carboxylic acids is 1. The van der Waals surface area contributed by atoms with E-state index in [1.54, 1.807) is 13.8 Å². The quantitative estimate of drug-likeness (QED) is 0.760. The molecular weight excluding hydrogens is 226 g/mol. The molecule has 0 aromatic heterocycles. The highest BCUT2D eigenvalue weighted by atomic mass is 32.2. The van der Waals surface area contributed by atoms with Gasteiger partial charge in [-0.1, -0.05) is 0 Å². The average Bonchev–Trinajstić information content (AvgIpc) is 2.51. The molecule has 7 heteroatoms. The number of nitrogens with zero attached hydrogens (tertiary/aromatic N) is 1. The Hall–Kier alpha value is -0.270. The molecule has 1 atom stereocenters. The second-order valence-electron chi connectivity index (χ2n) is 3.33. The maximum absolute atomic E-state index is 11.7. The third kappa shape index (κ3) is 2.04. The van der Waals surface area contributed by atoms with Crippen molar-refractivity contribution in [2.75, 3.05) is 11.6 Å². The van der Waals surface area contributed by atoms with Crippen LogP contribution in [0.1, 0.15) is 13.8 Å². The van der Waals surface area contributed by atoms with E-state index in [0.29, 0.717) is 5.75 Å². The summed E-state index contributed by atoms with van der Waals surface area (Å²) in [6.07, 6.45) is 0. The Kier molecular flexibility index (Phi) is 3.44. The van der Waals surface area contributed by atoms with Gasteiger partial charge in [0, 0.05) is 5.75 Å². The van der Waals surface area contributed by atoms with Gasteiger partial charge in [-0.15, -0.1) is 11.8 Å². The Morgan fingerprint density at radius 1 is 1.57 bits per heavy atom. The van der Waals surface area contributed by atoms with Crippen molar-refractivity contribution in [1.82, 2.24) is 4.31 Å². The number of sulfonamides is 1. The van der Waals surface area contributed by atoms with Gasteiger partial charge in [-0.05, 0) is 13.8 Å². The van der Waals surface area contributed by atoms with Crippen molar-refractivity contribution >= 4 is 27.8 Å². The summed E-state index contributed by atoms with van der Waals surface area (Å²) < 4.78 is 24.5. The summed E-state index contributed by atoms with van der Waals surface area (Å²) in [5, 5.41) is 8.24. The lowest BCUT2D eigenvalue weighted by Gasteiger charge is -2.22. The van der Waals surface area contributed by atoms with Crippen LogP contribution in [-0.4, -0.2) is 46.7 Å². The van der Waals surface area contributed by atoms with Gasteiger partial charge in [-0.2, -0.15) is 4.31 Å². The lowest BCUT2D eigenvalue weighted by atomic mass is 10.4. The van der Waals surface area contributed by atoms with Gasteiger partial charge >= 0.3 is 5.97 Å². The van der Waals surface area contributed by atoms with Crippen LogP contribution in [0.5, 0.6) is 0 Å². The summed E-state index contributed by atoms with van der Waals surface area (Å²) >= 11 is 1.33. The first-order valence-electron chi connectivity index (χ1n) is 4.18. The summed E-state index contributed by atoms with van der Waals surface area (Å²) in [5.41, 5.74) is 0. The fourth-order valence-corrected chi connectivity index (χ4v) is 4.12. The monoisotopic (exact) mass is 239 g/mol. The van der Waals surface area contributed by atoms with Crippen molar-refractivity contribution in [3.05, 3.63) is 0 Å². The lowest BCUT2D eigenvalue weighted by Crippen LogP contribution is -2.44. The topological polar surface area (TPSA) is 74.7 Å². The summed E-state index contributed by atoms with van der Waals surface area (Å²) in [6.45, 7) is 3.11. The number of carboxylic acids is 1. The zero-order valence-electron chi connectivity index (χ0n) is 8.00. The molecule has 0 aliphatic carbocycles. The minimum Gasteiger partial charge on any atom is -0.480 e. The lowest BCUT2D eigenvalue weighted by molar-refractivity contribution is -0.140. The summed E-state index contributed by atoms with van der Waals surface area (Å²) in [7, 11) is -3.44. The van der Waals surface area contributed by atoms with E-state index in [0.717, 1.165) is 4.31 Å². The van der Waals surface area contributed by atoms with Crippen LogP contribution in [0, 0.1) is 0 Å². The number of hydrogen-bond acceptors (Lipinski definition) is 4. The molecule has 0 amide bonds. The van der Waals surface area contributed by atoms with Crippen molar-refractivity contribution < 1.29 is 18.3 Å². The van der Waals surface area contributed by atoms with Crippen LogP contribution in [0.2, 0.25) is 0 Å². The van der Waals surface area contributed by atoms with Crippen LogP contribution in [-0.2, 0) is 14.8 Å². The molecule has 1 aliphatic heterocycles. The van der Waals surface area contributed by atoms with E-state index >= 15 is 0 Å². The van der Waals surface area contributed by atoms with Crippen LogP contribution in [0.4, 0.5) is 0 Å². The first kappa shape index (κ1) is 11.8. The Morgan fingerprint density at radius 2 is 2.14 bits per heavy atom. The summed E-state index contributed by atoms with van der Waals surface area (Å²) in [6, 6.07) is -0.896. The average molecular weight is 239 g/mol. The zero-order chi connectivity index (χ0) is 10.9. The van der Waals surface area contributed by atoms with Gasteiger partial charge in [-0.3, -0.25) is 4.79 Å². The maximum Gasteiger partial charge on any atom is 0.322 e. The predicted octanol–water partition coefficient (Wildman–Crippen LogP) is 0.184. The fraction of sp³-hybridized carbons (Fsp3) is 0.857. The van der Waals surface area contributed by atoms with Gasteiger partial charge in [-0.25, -0.2) is 8.42 Å². The second kappa shape index (κ2) is 4.08. The minimum absolute atomic E-state index is 0.248. The molecule has 1 N–H and O–H groups in total. The van der Waals surface area contributed by atoms with E-state index in [9.17, 15) is 13.2 Å². The third-order valence-electron chi connectivity index (χ3n) is 2.05. The highest BCUT2D eigenvalue weighted by molar-refractivity contribution is 8.00. The van der Waals surface area contributed by atoms with Gasteiger partial charge in [0.2, 0.25) is 10.0 Å². The van der Waals surface area contributed by atoms with Crippen LogP contribution < -0.4 is 0 Å². The SMILES string of the molecule is CC(C)S(=O)(=O)N1CSC[C@H]1C(=O)O. The molecule has 1 saturated heterocycles. The third-order valence-corrected chi connectivity index (χ3v) is 5.45. The Labute approximate surface area is 87.5 Å². The van der Waals surface area contributed by atoms with Gasteiger partial charge < -0.3 is 5.11 Å². The number of carboxylic acid groups (broad SMARTS) is 1. The van der Waals surface area contributed by atoms with Crippen molar-refractivity contribution in [3.63, 3.8) is 0 Å². The van der Waals surface area contributed by atoms with E-state index in [4.69, 9.17) is 5.11 Å². The Balaban J connectivity index is 2.93. The van der Waals surface area contributed by atoms with E-state index < -0.39 is 27.3 Å². The van der Waals surface area contributed by atoms with Crippen molar-refractivity contribution in [2.45, 2.75) is 25.1 Å². The number of hydrogen-bond donors (Lipinski definition) is 1. The molecule has 1 rings (SSSR count). The molecule has 0 bridgehead atoms. The maximum atomic E-state index is 11.7. The standard InChI is InChI=1S/C7H13NO4S2/c1-5(2)14(11,12)8-4-13-3-6(8)7(9)10/h5-6H,3-4H2,1-2H3,(H,9,10)/t6-/m0/s1. The molecule has 1 fully saturated rings. The van der Waals surface area contributed by atoms with Crippen LogP contribution in [0.15, 0.2) is 0 Å². The molecule has 14 heavy (non-hydrogen) atoms. The first-order valence-corrected chi connectivity index (χ1v) is 6.84. The number of carbonyl (C=O) groups is 1. The molecule has 0 unspecified atom stereocenters. The summed E-state index contributed by atoms with van der Waals surface area (Å²) in [4.78, 5) is 10.8. The molecule has 1 heterocycles. The second-order valence-corrected chi connectivity index (χ2v) is 6.78. The van der Waals surface area contributed by atoms with Crippen LogP contribution >= 0.6 is 11.8 Å². The molecule has 0 saturated carbocycles. The normalized spacial score (nSPS) is 24.4. The fourth-order valence-electron chi connectivity index (χ4n) is 1.14. The molecule has 82 valence electrons. The summed E-state index contributed by atoms with van der Waals surface area (Å²) in [5.74, 6) is -0.488. The molecule has 0 aromatic carbocycles. The smallest absolute Gasteiger partial charge is 0.322 e. The molecule has 1 aliphatic rings. The minimum atomic E-state index is -3.44. The van der Waals surface area contributed by atoms with Crippen LogP contribution in [0.3, 0.4) is 0 Å². The molecule has 0 aromatic rings. The van der Waals surface area contributed by atoms with Crippen molar-refractivity contribution in [2.24, 2.45) is 0 Å². The molecule has 5 nitrogen and oxygen atoms in total. The Morgan fingerprint density at radius 3 is 2.57 bits per heavy atom. The first-order chi connectivity index (χ1) is 6.37. The number of rotatable bonds is 3. The van der Waals surface area contributed by atoms with E-state index in [2.05, 4.69) is 0 Å². The van der Waals surface area contributed by atoms with E-state index in [-0.39, 0.29) is 5.88 Å². The van der Waals surface area contributed by atoms with E-state index in [1.807, 2.05) is 0 Å². The molecule has 0 radical (unpaired) electrons. The number of thioether (sulfide) groups is 1. The van der Waals surface area contributed by atoms with Crippen molar-refractivity contribution in [3.8, 4) is 0 Å². The van der Waals surface area contributed by atoms with Crippen LogP contribution in [0.25, 0.3) is 0 Å². The largest absolute Gasteiger partial charge is 0.480 e. The van der Waals surface area contributed by atoms with Gasteiger partial charge in [0.15, 0.2) is 0 Å². The molecular formula is C7H13NO4S2. The zero-order valence-corrected chi connectivity index (χ0v) is 9.64. The van der Waals surface area contributed by atoms with Gasteiger partial charge in [0.25, 0.3) is 0 Å². The van der Waals surface area contributed by atoms with Crippen molar-refractivity contribution in [1.29, 1.82) is 0 Å².